The van der Waals surface area contributed by atoms with Crippen LogP contribution in [-0.4, -0.2) is 42.5 Å². The number of carbonyl (C=O) groups excluding carboxylic acids is 1. The third kappa shape index (κ3) is 2.37. The van der Waals surface area contributed by atoms with E-state index in [1.54, 1.807) is 0 Å². The molecule has 1 aliphatic rings. The minimum Gasteiger partial charge on any atom is -0.311 e. The van der Waals surface area contributed by atoms with Crippen LogP contribution in [0.15, 0.2) is 12.2 Å². The molecule has 1 rings (SSSR count). The number of nitrogens with one attached hydrogen (secondary N) is 1. The third-order valence-electron chi connectivity index (χ3n) is 2.80. The van der Waals surface area contributed by atoms with Crippen LogP contribution in [0, 0.1) is 0 Å². The number of hydrogen-bond donors (Lipinski definition) is 1. The molecule has 0 radical (unpaired) electrons. The van der Waals surface area contributed by atoms with Gasteiger partial charge in [-0.25, -0.2) is 12.7 Å². The van der Waals surface area contributed by atoms with Crippen molar-refractivity contribution >= 4 is 15.9 Å². The van der Waals surface area contributed by atoms with Crippen LogP contribution in [0.2, 0.25) is 0 Å². The Morgan fingerprint density at radius 2 is 2.00 bits per heavy atom. The summed E-state index contributed by atoms with van der Waals surface area (Å²) >= 11 is 0. The summed E-state index contributed by atoms with van der Waals surface area (Å²) in [5.74, 6) is -0.358. The molecule has 1 fully saturated rings. The predicted octanol–water partition coefficient (Wildman–Crippen LogP) is 0.491. The molecule has 5 nitrogen and oxygen atoms in total. The summed E-state index contributed by atoms with van der Waals surface area (Å²) in [6.45, 7) is 11.2. The molecule has 0 aromatic carbocycles. The van der Waals surface area contributed by atoms with E-state index in [1.807, 2.05) is 13.8 Å². The maximum absolute atomic E-state index is 11.8. The number of carbonyl (C=O) groups is 1. The van der Waals surface area contributed by atoms with Gasteiger partial charge in [0.15, 0.2) is 4.75 Å². The summed E-state index contributed by atoms with van der Waals surface area (Å²) in [4.78, 5) is 11.7. The molecule has 1 N–H and O–H groups in total. The minimum atomic E-state index is -3.49. The fraction of sp³-hybridized carbons (Fsp3) is 0.727. The van der Waals surface area contributed by atoms with E-state index in [0.717, 1.165) is 4.31 Å². The second-order valence-corrected chi connectivity index (χ2v) is 7.52. The van der Waals surface area contributed by atoms with Gasteiger partial charge >= 0.3 is 0 Å². The van der Waals surface area contributed by atoms with Crippen molar-refractivity contribution in [2.75, 3.05) is 13.1 Å². The van der Waals surface area contributed by atoms with E-state index in [1.165, 1.54) is 13.8 Å². The molecule has 0 atom stereocenters. The molecule has 1 saturated heterocycles. The van der Waals surface area contributed by atoms with Crippen LogP contribution in [0.25, 0.3) is 0 Å². The summed E-state index contributed by atoms with van der Waals surface area (Å²) in [6, 6.07) is 0.298. The van der Waals surface area contributed by atoms with Crippen LogP contribution in [0.1, 0.15) is 27.7 Å². The highest BCUT2D eigenvalue weighted by Gasteiger charge is 2.59. The van der Waals surface area contributed by atoms with Crippen LogP contribution in [0.4, 0.5) is 0 Å². The van der Waals surface area contributed by atoms with Gasteiger partial charge in [-0.05, 0) is 19.4 Å². The Morgan fingerprint density at radius 3 is 2.41 bits per heavy atom. The Hall–Kier alpha value is -0.880. The van der Waals surface area contributed by atoms with Gasteiger partial charge in [0.05, 0.1) is 6.54 Å². The van der Waals surface area contributed by atoms with Crippen molar-refractivity contribution in [3.8, 4) is 0 Å². The molecular weight excluding hydrogens is 240 g/mol. The first-order valence-corrected chi connectivity index (χ1v) is 7.01. The first-order valence-electron chi connectivity index (χ1n) is 5.57. The summed E-state index contributed by atoms with van der Waals surface area (Å²) < 4.78 is 23.2. The predicted molar refractivity (Wildman–Crippen MR) is 67.0 cm³/mol. The lowest BCUT2D eigenvalue weighted by atomic mass is 10.1. The number of amides is 1. The van der Waals surface area contributed by atoms with Crippen molar-refractivity contribution in [3.05, 3.63) is 12.2 Å². The zero-order valence-electron chi connectivity index (χ0n) is 10.8. The molecule has 0 spiro atoms. The van der Waals surface area contributed by atoms with Crippen LogP contribution >= 0.6 is 0 Å². The smallest absolute Gasteiger partial charge is 0.259 e. The summed E-state index contributed by atoms with van der Waals surface area (Å²) in [6.07, 6.45) is 0. The van der Waals surface area contributed by atoms with Crippen molar-refractivity contribution in [3.63, 3.8) is 0 Å². The lowest BCUT2D eigenvalue weighted by molar-refractivity contribution is -0.131. The zero-order valence-corrected chi connectivity index (χ0v) is 11.6. The Kier molecular flexibility index (Phi) is 3.69. The summed E-state index contributed by atoms with van der Waals surface area (Å²) in [7, 11) is -3.49. The maximum atomic E-state index is 11.8. The Balaban J connectivity index is 2.61. The first-order chi connectivity index (χ1) is 7.60. The normalized spacial score (nSPS) is 21.5. The SMILES string of the molecule is C=C(CNC(C)C)CN1C(=O)C(C)(C)S1(=O)=O. The van der Waals surface area contributed by atoms with E-state index in [-0.39, 0.29) is 12.5 Å². The minimum absolute atomic E-state index is 0.0737. The van der Waals surface area contributed by atoms with Crippen LogP contribution in [0.3, 0.4) is 0 Å². The van der Waals surface area contributed by atoms with Crippen molar-refractivity contribution in [2.45, 2.75) is 38.5 Å². The van der Waals surface area contributed by atoms with E-state index >= 15 is 0 Å². The fourth-order valence-corrected chi connectivity index (χ4v) is 3.07. The lowest BCUT2D eigenvalue weighted by Gasteiger charge is -2.43. The molecule has 98 valence electrons. The highest BCUT2D eigenvalue weighted by Crippen LogP contribution is 2.34. The van der Waals surface area contributed by atoms with Gasteiger partial charge < -0.3 is 5.32 Å². The lowest BCUT2D eigenvalue weighted by Crippen LogP contribution is -2.67. The molecule has 1 amide bonds. The van der Waals surface area contributed by atoms with E-state index in [9.17, 15) is 13.2 Å². The monoisotopic (exact) mass is 260 g/mol. The van der Waals surface area contributed by atoms with Gasteiger partial charge in [-0.2, -0.15) is 0 Å². The van der Waals surface area contributed by atoms with Gasteiger partial charge in [0, 0.05) is 12.6 Å². The quantitative estimate of drug-likeness (QED) is 0.731. The van der Waals surface area contributed by atoms with Crippen LogP contribution in [-0.2, 0) is 14.8 Å². The molecule has 17 heavy (non-hydrogen) atoms. The average Bonchev–Trinajstić information content (AvgIpc) is 2.21. The highest BCUT2D eigenvalue weighted by molar-refractivity contribution is 7.94. The van der Waals surface area contributed by atoms with E-state index in [4.69, 9.17) is 0 Å². The standard InChI is InChI=1S/C11H20N2O3S/c1-8(2)12-6-9(3)7-13-10(14)11(4,5)17(13,15)16/h8,12H,3,6-7H2,1-2,4-5H3. The second-order valence-electron chi connectivity index (χ2n) is 5.11. The molecule has 0 bridgehead atoms. The first kappa shape index (κ1) is 14.2. The topological polar surface area (TPSA) is 66.5 Å². The van der Waals surface area contributed by atoms with Gasteiger partial charge in [-0.15, -0.1) is 0 Å². The highest BCUT2D eigenvalue weighted by atomic mass is 32.2. The summed E-state index contributed by atoms with van der Waals surface area (Å²) in [5.41, 5.74) is 0.686. The van der Waals surface area contributed by atoms with Crippen molar-refractivity contribution in [2.24, 2.45) is 0 Å². The Morgan fingerprint density at radius 1 is 1.47 bits per heavy atom. The van der Waals surface area contributed by atoms with Gasteiger partial charge in [-0.3, -0.25) is 4.79 Å². The molecule has 0 saturated carbocycles. The van der Waals surface area contributed by atoms with Crippen LogP contribution in [0.5, 0.6) is 0 Å². The molecule has 0 unspecified atom stereocenters. The van der Waals surface area contributed by atoms with E-state index in [0.29, 0.717) is 18.2 Å². The van der Waals surface area contributed by atoms with Crippen molar-refractivity contribution in [1.29, 1.82) is 0 Å². The Labute approximate surface area is 103 Å². The zero-order chi connectivity index (χ0) is 13.4. The number of nitrogens with zero attached hydrogens (tertiary/aromatic N) is 1. The van der Waals surface area contributed by atoms with Crippen molar-refractivity contribution in [1.82, 2.24) is 9.62 Å². The molecule has 0 aromatic heterocycles. The maximum Gasteiger partial charge on any atom is 0.259 e. The molecule has 0 aliphatic carbocycles. The number of rotatable bonds is 5. The molecular formula is C11H20N2O3S. The van der Waals surface area contributed by atoms with E-state index < -0.39 is 14.8 Å². The van der Waals surface area contributed by atoms with E-state index in [2.05, 4.69) is 11.9 Å². The van der Waals surface area contributed by atoms with Gasteiger partial charge in [0.2, 0.25) is 0 Å². The third-order valence-corrected chi connectivity index (χ3v) is 5.14. The molecule has 6 heteroatoms. The van der Waals surface area contributed by atoms with Crippen molar-refractivity contribution < 1.29 is 13.2 Å². The van der Waals surface area contributed by atoms with Gasteiger partial charge in [0.1, 0.15) is 0 Å². The second kappa shape index (κ2) is 4.42. The summed E-state index contributed by atoms with van der Waals surface area (Å²) in [5, 5.41) is 3.13. The largest absolute Gasteiger partial charge is 0.311 e. The fourth-order valence-electron chi connectivity index (χ4n) is 1.52. The molecule has 1 heterocycles. The number of hydrogen-bond acceptors (Lipinski definition) is 4. The van der Waals surface area contributed by atoms with Crippen LogP contribution < -0.4 is 5.32 Å². The average molecular weight is 260 g/mol. The Bertz CT molecular complexity index is 438. The number of sulfonamides is 1. The van der Waals surface area contributed by atoms with Gasteiger partial charge in [0.25, 0.3) is 15.9 Å². The molecule has 1 aliphatic heterocycles. The molecule has 0 aromatic rings. The van der Waals surface area contributed by atoms with Gasteiger partial charge in [-0.1, -0.05) is 20.4 Å².